The van der Waals surface area contributed by atoms with Gasteiger partial charge in [0.1, 0.15) is 5.60 Å². The Morgan fingerprint density at radius 3 is 2.46 bits per heavy atom. The number of carbonyl (C=O) groups excluding carboxylic acids is 1. The van der Waals surface area contributed by atoms with E-state index in [1.54, 1.807) is 7.05 Å². The Morgan fingerprint density at radius 1 is 1.19 bits per heavy atom. The summed E-state index contributed by atoms with van der Waals surface area (Å²) in [7, 11) is 1.72. The monoisotopic (exact) mass is 358 g/mol. The highest BCUT2D eigenvalue weighted by Crippen LogP contribution is 2.44. The fourth-order valence-corrected chi connectivity index (χ4v) is 4.47. The fourth-order valence-electron chi connectivity index (χ4n) is 4.47. The van der Waals surface area contributed by atoms with Gasteiger partial charge < -0.3 is 14.1 Å². The van der Waals surface area contributed by atoms with Gasteiger partial charge in [-0.25, -0.2) is 9.59 Å². The zero-order valence-electron chi connectivity index (χ0n) is 15.8. The molecule has 2 aromatic rings. The standard InChI is InChI=1S/C20H26N2O4/c1-20(2,3)26-19(24)22-14-6-7-15(22)10-13(9-14)12-5-8-16-17(11-12)25-18(23)21(16)4/h5,8,11,13-15H,6-7,9-10H2,1-4H3. The lowest BCUT2D eigenvalue weighted by atomic mass is 9.85. The molecule has 0 aliphatic carbocycles. The van der Waals surface area contributed by atoms with Crippen LogP contribution in [0.4, 0.5) is 4.79 Å². The van der Waals surface area contributed by atoms with E-state index in [0.29, 0.717) is 11.5 Å². The molecule has 2 fully saturated rings. The van der Waals surface area contributed by atoms with Crippen molar-refractivity contribution in [3.05, 3.63) is 34.3 Å². The highest BCUT2D eigenvalue weighted by atomic mass is 16.6. The molecule has 0 spiro atoms. The molecule has 1 amide bonds. The van der Waals surface area contributed by atoms with Gasteiger partial charge in [-0.05, 0) is 70.1 Å². The molecule has 140 valence electrons. The number of piperidine rings is 1. The molecule has 6 nitrogen and oxygen atoms in total. The minimum Gasteiger partial charge on any atom is -0.444 e. The Kier molecular flexibility index (Phi) is 3.90. The van der Waals surface area contributed by atoms with Crippen molar-refractivity contribution in [2.45, 2.75) is 70.1 Å². The lowest BCUT2D eigenvalue weighted by molar-refractivity contribution is 0.00584. The van der Waals surface area contributed by atoms with Crippen molar-refractivity contribution in [2.75, 3.05) is 0 Å². The van der Waals surface area contributed by atoms with E-state index >= 15 is 0 Å². The number of aryl methyl sites for hydroxylation is 1. The number of hydrogen-bond donors (Lipinski definition) is 0. The number of nitrogens with zero attached hydrogens (tertiary/aromatic N) is 2. The maximum atomic E-state index is 12.6. The molecule has 2 aliphatic rings. The van der Waals surface area contributed by atoms with Gasteiger partial charge in [0.05, 0.1) is 5.52 Å². The summed E-state index contributed by atoms with van der Waals surface area (Å²) in [4.78, 5) is 26.3. The van der Waals surface area contributed by atoms with Gasteiger partial charge in [-0.1, -0.05) is 6.07 Å². The van der Waals surface area contributed by atoms with E-state index in [2.05, 4.69) is 6.07 Å². The van der Waals surface area contributed by atoms with Crippen LogP contribution in [-0.4, -0.2) is 33.2 Å². The van der Waals surface area contributed by atoms with E-state index in [-0.39, 0.29) is 23.9 Å². The number of aromatic nitrogens is 1. The van der Waals surface area contributed by atoms with Crippen LogP contribution in [0.1, 0.15) is 57.9 Å². The summed E-state index contributed by atoms with van der Waals surface area (Å²) < 4.78 is 12.5. The first-order chi connectivity index (χ1) is 12.2. The van der Waals surface area contributed by atoms with Gasteiger partial charge in [-0.3, -0.25) is 4.57 Å². The molecule has 4 rings (SSSR count). The number of benzene rings is 1. The first-order valence-corrected chi connectivity index (χ1v) is 9.34. The summed E-state index contributed by atoms with van der Waals surface area (Å²) in [6, 6.07) is 6.49. The van der Waals surface area contributed by atoms with Gasteiger partial charge in [0, 0.05) is 19.1 Å². The topological polar surface area (TPSA) is 64.7 Å². The third kappa shape index (κ3) is 2.91. The van der Waals surface area contributed by atoms with Crippen LogP contribution in [0.2, 0.25) is 0 Å². The van der Waals surface area contributed by atoms with Crippen LogP contribution in [-0.2, 0) is 11.8 Å². The lowest BCUT2D eigenvalue weighted by Gasteiger charge is -2.39. The zero-order valence-corrected chi connectivity index (χ0v) is 15.8. The van der Waals surface area contributed by atoms with E-state index in [0.717, 1.165) is 31.2 Å². The number of carbonyl (C=O) groups is 1. The Bertz CT molecular complexity index is 891. The van der Waals surface area contributed by atoms with Crippen molar-refractivity contribution in [1.29, 1.82) is 0 Å². The largest absolute Gasteiger partial charge is 0.444 e. The number of hydrogen-bond acceptors (Lipinski definition) is 4. The van der Waals surface area contributed by atoms with Gasteiger partial charge in [0.2, 0.25) is 0 Å². The second-order valence-electron chi connectivity index (χ2n) is 8.60. The maximum Gasteiger partial charge on any atom is 0.419 e. The quantitative estimate of drug-likeness (QED) is 0.778. The highest BCUT2D eigenvalue weighted by Gasteiger charge is 2.45. The predicted octanol–water partition coefficient (Wildman–Crippen LogP) is 3.78. The molecule has 1 aromatic carbocycles. The molecule has 2 unspecified atom stereocenters. The van der Waals surface area contributed by atoms with Crippen molar-refractivity contribution in [2.24, 2.45) is 7.05 Å². The molecule has 1 aromatic heterocycles. The first kappa shape index (κ1) is 17.2. The molecule has 2 atom stereocenters. The summed E-state index contributed by atoms with van der Waals surface area (Å²) in [5.41, 5.74) is 2.17. The average molecular weight is 358 g/mol. The molecule has 0 N–H and O–H groups in total. The molecule has 26 heavy (non-hydrogen) atoms. The van der Waals surface area contributed by atoms with Gasteiger partial charge >= 0.3 is 11.8 Å². The van der Waals surface area contributed by atoms with E-state index in [1.165, 1.54) is 10.1 Å². The normalized spacial score (nSPS) is 25.7. The summed E-state index contributed by atoms with van der Waals surface area (Å²) in [5, 5.41) is 0. The van der Waals surface area contributed by atoms with E-state index in [4.69, 9.17) is 9.15 Å². The Morgan fingerprint density at radius 2 is 1.85 bits per heavy atom. The molecule has 2 saturated heterocycles. The fraction of sp³-hybridized carbons (Fsp3) is 0.600. The molecule has 0 saturated carbocycles. The number of fused-ring (bicyclic) bond motifs is 3. The third-order valence-electron chi connectivity index (χ3n) is 5.63. The minimum atomic E-state index is -0.469. The Hall–Kier alpha value is -2.24. The summed E-state index contributed by atoms with van der Waals surface area (Å²) in [6.07, 6.45) is 3.73. The summed E-state index contributed by atoms with van der Waals surface area (Å²) in [6.45, 7) is 5.72. The van der Waals surface area contributed by atoms with E-state index < -0.39 is 5.60 Å². The summed E-state index contributed by atoms with van der Waals surface area (Å²) >= 11 is 0. The second-order valence-corrected chi connectivity index (χ2v) is 8.60. The number of rotatable bonds is 1. The lowest BCUT2D eigenvalue weighted by Crippen LogP contribution is -2.48. The first-order valence-electron chi connectivity index (χ1n) is 9.34. The molecular weight excluding hydrogens is 332 g/mol. The number of ether oxygens (including phenoxy) is 1. The number of amides is 1. The van der Waals surface area contributed by atoms with Crippen molar-refractivity contribution in [3.8, 4) is 0 Å². The van der Waals surface area contributed by atoms with Crippen LogP contribution in [0.5, 0.6) is 0 Å². The molecule has 3 heterocycles. The second kappa shape index (κ2) is 5.89. The molecule has 2 bridgehead atoms. The number of oxazole rings is 1. The smallest absolute Gasteiger partial charge is 0.419 e. The minimum absolute atomic E-state index is 0.187. The van der Waals surface area contributed by atoms with Crippen molar-refractivity contribution in [3.63, 3.8) is 0 Å². The SMILES string of the molecule is Cn1c(=O)oc2cc(C3CC4CCC(C3)N4C(=O)OC(C)(C)C)ccc21. The van der Waals surface area contributed by atoms with Gasteiger partial charge in [-0.2, -0.15) is 0 Å². The van der Waals surface area contributed by atoms with Crippen molar-refractivity contribution >= 4 is 17.2 Å². The Labute approximate surface area is 152 Å². The van der Waals surface area contributed by atoms with Crippen LogP contribution >= 0.6 is 0 Å². The van der Waals surface area contributed by atoms with Gasteiger partial charge in [0.15, 0.2) is 5.58 Å². The molecular formula is C20H26N2O4. The van der Waals surface area contributed by atoms with Crippen LogP contribution in [0.15, 0.2) is 27.4 Å². The van der Waals surface area contributed by atoms with Gasteiger partial charge in [0.25, 0.3) is 0 Å². The van der Waals surface area contributed by atoms with Gasteiger partial charge in [-0.15, -0.1) is 0 Å². The van der Waals surface area contributed by atoms with Crippen LogP contribution in [0.25, 0.3) is 11.1 Å². The third-order valence-corrected chi connectivity index (χ3v) is 5.63. The van der Waals surface area contributed by atoms with Crippen molar-refractivity contribution < 1.29 is 13.9 Å². The average Bonchev–Trinajstić information content (AvgIpc) is 2.99. The van der Waals surface area contributed by atoms with Crippen LogP contribution in [0.3, 0.4) is 0 Å². The molecule has 0 radical (unpaired) electrons. The highest BCUT2D eigenvalue weighted by molar-refractivity contribution is 5.74. The maximum absolute atomic E-state index is 12.6. The van der Waals surface area contributed by atoms with Crippen LogP contribution < -0.4 is 5.76 Å². The van der Waals surface area contributed by atoms with E-state index in [1.807, 2.05) is 37.8 Å². The van der Waals surface area contributed by atoms with E-state index in [9.17, 15) is 9.59 Å². The molecule has 6 heteroatoms. The molecule has 2 aliphatic heterocycles. The summed E-state index contributed by atoms with van der Waals surface area (Å²) in [5.74, 6) is 0.0399. The predicted molar refractivity (Wildman–Crippen MR) is 98.3 cm³/mol. The Balaban J connectivity index is 1.55. The van der Waals surface area contributed by atoms with Crippen molar-refractivity contribution in [1.82, 2.24) is 9.47 Å². The van der Waals surface area contributed by atoms with Crippen LogP contribution in [0, 0.1) is 0 Å². The zero-order chi connectivity index (χ0) is 18.6.